The number of nitrogens with zero attached hydrogens (tertiary/aromatic N) is 4. The van der Waals surface area contributed by atoms with Crippen LogP contribution in [-0.4, -0.2) is 9.13 Å². The first kappa shape index (κ1) is 27.4. The molecule has 0 unspecified atom stereocenters. The molecule has 0 radical (unpaired) electrons. The number of nitriles is 2. The van der Waals surface area contributed by atoms with Crippen LogP contribution in [0.15, 0.2) is 158 Å². The number of benzene rings is 7. The van der Waals surface area contributed by atoms with Gasteiger partial charge in [-0.3, -0.25) is 0 Å². The third-order valence-corrected chi connectivity index (χ3v) is 9.42. The van der Waals surface area contributed by atoms with Crippen molar-refractivity contribution in [3.05, 3.63) is 169 Å². The van der Waals surface area contributed by atoms with E-state index in [0.717, 1.165) is 66.5 Å². The molecule has 0 fully saturated rings. The normalized spacial score (nSPS) is 11.3. The molecule has 4 heteroatoms. The Bertz CT molecular complexity index is 2690. The van der Waals surface area contributed by atoms with Crippen molar-refractivity contribution in [2.75, 3.05) is 0 Å². The number of para-hydroxylation sites is 4. The van der Waals surface area contributed by atoms with E-state index < -0.39 is 0 Å². The predicted molar refractivity (Wildman–Crippen MR) is 195 cm³/mol. The molecule has 2 aromatic heterocycles. The third-order valence-electron chi connectivity index (χ3n) is 9.42. The average molecular weight is 611 g/mol. The molecule has 0 amide bonds. The molecule has 0 aliphatic heterocycles. The molecule has 9 rings (SSSR count). The summed E-state index contributed by atoms with van der Waals surface area (Å²) >= 11 is 0. The number of hydrogen-bond donors (Lipinski definition) is 0. The van der Waals surface area contributed by atoms with Crippen LogP contribution in [0.2, 0.25) is 0 Å². The zero-order valence-corrected chi connectivity index (χ0v) is 25.8. The molecule has 0 aliphatic carbocycles. The van der Waals surface area contributed by atoms with Gasteiger partial charge in [-0.05, 0) is 71.3 Å². The van der Waals surface area contributed by atoms with Crippen molar-refractivity contribution >= 4 is 43.6 Å². The number of aromatic nitrogens is 2. The van der Waals surface area contributed by atoms with E-state index in [1.807, 2.05) is 42.5 Å². The highest BCUT2D eigenvalue weighted by atomic mass is 15.0. The Morgan fingerprint density at radius 3 is 1.40 bits per heavy atom. The van der Waals surface area contributed by atoms with Gasteiger partial charge < -0.3 is 9.13 Å². The van der Waals surface area contributed by atoms with Gasteiger partial charge in [-0.1, -0.05) is 103 Å². The van der Waals surface area contributed by atoms with Crippen LogP contribution in [0.4, 0.5) is 0 Å². The molecular weight excluding hydrogens is 585 g/mol. The lowest BCUT2D eigenvalue weighted by Crippen LogP contribution is -1.99. The molecule has 0 saturated carbocycles. The molecule has 0 N–H and O–H groups in total. The standard InChI is InChI=1S/C44H26N4/c45-27-29-17-23-35(44(25-29)48-42-15-7-3-11-38(42)39-12-4-8-16-43(39)48)31-20-24-34(32(26-31)28-46)30-18-21-33(22-19-30)47-40-13-5-1-9-36(40)37-10-2-6-14-41(37)47/h1-26H. The lowest BCUT2D eigenvalue weighted by atomic mass is 9.94. The summed E-state index contributed by atoms with van der Waals surface area (Å²) in [5, 5.41) is 25.0. The van der Waals surface area contributed by atoms with Crippen LogP contribution < -0.4 is 0 Å². The fourth-order valence-electron chi connectivity index (χ4n) is 7.26. The van der Waals surface area contributed by atoms with Crippen LogP contribution in [-0.2, 0) is 0 Å². The summed E-state index contributed by atoms with van der Waals surface area (Å²) in [6.45, 7) is 0. The molecule has 4 nitrogen and oxygen atoms in total. The number of rotatable bonds is 4. The van der Waals surface area contributed by atoms with Crippen LogP contribution in [0.3, 0.4) is 0 Å². The molecule has 0 spiro atoms. The molecule has 0 aliphatic rings. The van der Waals surface area contributed by atoms with Crippen LogP contribution in [0.25, 0.3) is 77.2 Å². The Labute approximate surface area is 277 Å². The van der Waals surface area contributed by atoms with Gasteiger partial charge in [-0.2, -0.15) is 10.5 Å². The Hall–Kier alpha value is -6.88. The van der Waals surface area contributed by atoms with Crippen molar-refractivity contribution in [2.24, 2.45) is 0 Å². The zero-order chi connectivity index (χ0) is 32.2. The average Bonchev–Trinajstić information content (AvgIpc) is 3.67. The van der Waals surface area contributed by atoms with Crippen LogP contribution in [0.5, 0.6) is 0 Å². The zero-order valence-electron chi connectivity index (χ0n) is 25.8. The highest BCUT2D eigenvalue weighted by Crippen LogP contribution is 2.38. The summed E-state index contributed by atoms with van der Waals surface area (Å²) in [7, 11) is 0. The molecule has 222 valence electrons. The van der Waals surface area contributed by atoms with E-state index in [1.165, 1.54) is 10.8 Å². The van der Waals surface area contributed by atoms with Gasteiger partial charge in [-0.15, -0.1) is 0 Å². The molecule has 2 heterocycles. The molecule has 0 atom stereocenters. The van der Waals surface area contributed by atoms with Crippen molar-refractivity contribution in [1.82, 2.24) is 9.13 Å². The van der Waals surface area contributed by atoms with E-state index in [-0.39, 0.29) is 0 Å². The maximum Gasteiger partial charge on any atom is 0.0998 e. The third kappa shape index (κ3) is 4.14. The van der Waals surface area contributed by atoms with Gasteiger partial charge in [0.15, 0.2) is 0 Å². The highest BCUT2D eigenvalue weighted by molar-refractivity contribution is 6.10. The van der Waals surface area contributed by atoms with E-state index in [2.05, 4.69) is 137 Å². The first-order valence-corrected chi connectivity index (χ1v) is 15.9. The van der Waals surface area contributed by atoms with E-state index in [1.54, 1.807) is 0 Å². The second-order valence-electron chi connectivity index (χ2n) is 12.0. The maximum atomic E-state index is 10.4. The summed E-state index contributed by atoms with van der Waals surface area (Å²) in [6.07, 6.45) is 0. The van der Waals surface area contributed by atoms with Crippen LogP contribution in [0.1, 0.15) is 11.1 Å². The van der Waals surface area contributed by atoms with Gasteiger partial charge in [0.25, 0.3) is 0 Å². The van der Waals surface area contributed by atoms with Gasteiger partial charge in [0, 0.05) is 32.8 Å². The smallest absolute Gasteiger partial charge is 0.0998 e. The summed E-state index contributed by atoms with van der Waals surface area (Å²) < 4.78 is 4.53. The molecule has 7 aromatic carbocycles. The summed E-state index contributed by atoms with van der Waals surface area (Å²) in [6, 6.07) is 58.8. The lowest BCUT2D eigenvalue weighted by Gasteiger charge is -2.16. The van der Waals surface area contributed by atoms with Gasteiger partial charge in [0.1, 0.15) is 0 Å². The van der Waals surface area contributed by atoms with Gasteiger partial charge in [0.2, 0.25) is 0 Å². The van der Waals surface area contributed by atoms with Gasteiger partial charge >= 0.3 is 0 Å². The van der Waals surface area contributed by atoms with E-state index in [9.17, 15) is 10.5 Å². The van der Waals surface area contributed by atoms with Crippen molar-refractivity contribution in [3.8, 4) is 45.8 Å². The summed E-state index contributed by atoms with van der Waals surface area (Å²) in [4.78, 5) is 0. The van der Waals surface area contributed by atoms with Gasteiger partial charge in [-0.25, -0.2) is 0 Å². The van der Waals surface area contributed by atoms with Gasteiger partial charge in [0.05, 0.1) is 51.0 Å². The summed E-state index contributed by atoms with van der Waals surface area (Å²) in [5.74, 6) is 0. The SMILES string of the molecule is N#Cc1ccc(-c2ccc(-c3ccc(-n4c5ccccc5c5ccccc54)cc3)c(C#N)c2)c(-n2c3ccccc3c3ccccc32)c1. The monoisotopic (exact) mass is 610 g/mol. The van der Waals surface area contributed by atoms with Crippen molar-refractivity contribution < 1.29 is 0 Å². The topological polar surface area (TPSA) is 57.4 Å². The van der Waals surface area contributed by atoms with E-state index >= 15 is 0 Å². The molecular formula is C44H26N4. The minimum absolute atomic E-state index is 0.580. The highest BCUT2D eigenvalue weighted by Gasteiger charge is 2.18. The Morgan fingerprint density at radius 2 is 0.875 bits per heavy atom. The Balaban J connectivity index is 1.16. The minimum atomic E-state index is 0.580. The number of fused-ring (bicyclic) bond motifs is 6. The second-order valence-corrected chi connectivity index (χ2v) is 12.0. The van der Waals surface area contributed by atoms with Crippen molar-refractivity contribution in [2.45, 2.75) is 0 Å². The summed E-state index contributed by atoms with van der Waals surface area (Å²) in [5.41, 5.74) is 11.3. The molecule has 48 heavy (non-hydrogen) atoms. The predicted octanol–water partition coefficient (Wildman–Crippen LogP) is 11.0. The van der Waals surface area contributed by atoms with E-state index in [0.29, 0.717) is 11.1 Å². The largest absolute Gasteiger partial charge is 0.309 e. The Kier molecular flexibility index (Phi) is 6.22. The molecule has 9 aromatic rings. The maximum absolute atomic E-state index is 10.4. The first-order valence-electron chi connectivity index (χ1n) is 15.9. The molecule has 0 bridgehead atoms. The first-order chi connectivity index (χ1) is 23.7. The number of hydrogen-bond acceptors (Lipinski definition) is 2. The van der Waals surface area contributed by atoms with Crippen molar-refractivity contribution in [3.63, 3.8) is 0 Å². The van der Waals surface area contributed by atoms with Crippen molar-refractivity contribution in [1.29, 1.82) is 10.5 Å². The van der Waals surface area contributed by atoms with E-state index in [4.69, 9.17) is 0 Å². The lowest BCUT2D eigenvalue weighted by molar-refractivity contribution is 1.18. The fourth-order valence-corrected chi connectivity index (χ4v) is 7.26. The molecule has 0 saturated heterocycles. The minimum Gasteiger partial charge on any atom is -0.309 e. The van der Waals surface area contributed by atoms with Crippen LogP contribution in [0, 0.1) is 22.7 Å². The quantitative estimate of drug-likeness (QED) is 0.199. The van der Waals surface area contributed by atoms with Crippen LogP contribution >= 0.6 is 0 Å². The Morgan fingerprint density at radius 1 is 0.396 bits per heavy atom. The second kappa shape index (κ2) is 10.9. The fraction of sp³-hybridized carbons (Fsp3) is 0.